The molecule has 0 spiro atoms. The number of carbonyl (C=O) groups is 7. The lowest BCUT2D eigenvalue weighted by molar-refractivity contribution is -0.153. The van der Waals surface area contributed by atoms with Gasteiger partial charge in [0.15, 0.2) is 11.2 Å². The summed E-state index contributed by atoms with van der Waals surface area (Å²) in [6.45, 7) is 0.0920. The fourth-order valence-electron chi connectivity index (χ4n) is 16.3. The minimum Gasteiger partial charge on any atom is -0.497 e. The van der Waals surface area contributed by atoms with Crippen molar-refractivity contribution in [2.45, 2.75) is 119 Å². The van der Waals surface area contributed by atoms with E-state index in [1.165, 1.54) is 49.2 Å². The van der Waals surface area contributed by atoms with Crippen LogP contribution in [0.3, 0.4) is 0 Å². The molecule has 0 radical (unpaired) electrons. The highest BCUT2D eigenvalue weighted by atomic mass is 31.2. The molecule has 2 aliphatic heterocycles. The molecule has 2 saturated heterocycles. The predicted molar refractivity (Wildman–Crippen MR) is 466 cm³/mol. The van der Waals surface area contributed by atoms with E-state index in [0.29, 0.717) is 33.8 Å². The topological polar surface area (TPSA) is 412 Å². The number of hydrogen-bond acceptors (Lipinski definition) is 25. The molecule has 3 unspecified atom stereocenters. The zero-order chi connectivity index (χ0) is 89.4. The van der Waals surface area contributed by atoms with E-state index in [-0.39, 0.29) is 137 Å². The van der Waals surface area contributed by atoms with E-state index in [1.54, 1.807) is 55.6 Å². The molecular formula is C94H93N12O21P. The number of ketones is 1. The van der Waals surface area contributed by atoms with Crippen molar-refractivity contribution in [3.05, 3.63) is 290 Å². The van der Waals surface area contributed by atoms with Gasteiger partial charge < -0.3 is 63.5 Å². The number of methoxy groups -OCH3 is 2. The summed E-state index contributed by atoms with van der Waals surface area (Å²) in [4.78, 5) is 137. The number of rotatable bonds is 38. The Kier molecular flexibility index (Phi) is 28.3. The third-order valence-electron chi connectivity index (χ3n) is 22.7. The molecule has 15 rings (SSSR count). The van der Waals surface area contributed by atoms with Gasteiger partial charge in [-0.25, -0.2) is 23.9 Å². The maximum Gasteiger partial charge on any atom is 0.475 e. The molecule has 34 heteroatoms. The molecule has 660 valence electrons. The second-order valence-electron chi connectivity index (χ2n) is 31.0. The molecule has 2 fully saturated rings. The molecule has 128 heavy (non-hydrogen) atoms. The number of benzene rings is 8. The Morgan fingerprint density at radius 3 is 1.77 bits per heavy atom. The van der Waals surface area contributed by atoms with Gasteiger partial charge >= 0.3 is 31.7 Å². The summed E-state index contributed by atoms with van der Waals surface area (Å²) in [7, 11) is -0.400. The fourth-order valence-corrected chi connectivity index (χ4v) is 17.6. The van der Waals surface area contributed by atoms with E-state index in [0.717, 1.165) is 49.1 Å². The average Bonchev–Trinajstić information content (AvgIpc) is 1.33. The Labute approximate surface area is 734 Å². The van der Waals surface area contributed by atoms with Gasteiger partial charge in [0.2, 0.25) is 17.8 Å². The van der Waals surface area contributed by atoms with Gasteiger partial charge in [0.25, 0.3) is 11.5 Å². The fraction of sp³-hybridized carbons (Fsp3) is 0.309. The number of hydrogen-bond donors (Lipinski definition) is 5. The summed E-state index contributed by atoms with van der Waals surface area (Å²) in [5, 5.41) is 20.6. The lowest BCUT2D eigenvalue weighted by Gasteiger charge is -2.37. The van der Waals surface area contributed by atoms with E-state index in [1.807, 2.05) is 146 Å². The van der Waals surface area contributed by atoms with Crippen LogP contribution < -0.4 is 42.0 Å². The van der Waals surface area contributed by atoms with Crippen molar-refractivity contribution < 1.29 is 89.6 Å². The van der Waals surface area contributed by atoms with E-state index in [4.69, 9.17) is 51.5 Å². The lowest BCUT2D eigenvalue weighted by atomic mass is 9.80. The number of aromatic nitrogens is 6. The first-order valence-corrected chi connectivity index (χ1v) is 43.2. The SMILES string of the molecule is COc1ccc(C(OC[C@H]2O[C@@H](n3cnc4c(=O)[nH]c(NC(=O)CCNC(=O)c5ccc(CNC(=O)OCC6c7ccccc7-c7ccccc76)cc5)nc43)CC2OP(=O)(OCCC#N)OC[C@H]2O[C@@H](n3ccc(NC(=O)CCCN(C)C(=O)OCC4c5ccccc5-c5ccccc54)nc3=O)CC2OC(=O)CCC(C)=O)(c2ccccc2)c2ccc(OC)cc2)cc1. The van der Waals surface area contributed by atoms with Crippen LogP contribution in [0.2, 0.25) is 0 Å². The number of nitriles is 1. The Morgan fingerprint density at radius 1 is 0.609 bits per heavy atom. The van der Waals surface area contributed by atoms with Crippen LogP contribution in [0.4, 0.5) is 21.4 Å². The number of imidazole rings is 1. The van der Waals surface area contributed by atoms with Gasteiger partial charge in [0.1, 0.15) is 78.8 Å². The maximum atomic E-state index is 15.8. The number of nitrogens with one attached hydrogen (secondary N) is 5. The van der Waals surface area contributed by atoms with Crippen LogP contribution in [0.15, 0.2) is 228 Å². The monoisotopic (exact) mass is 1760 g/mol. The normalized spacial score (nSPS) is 17.2. The highest BCUT2D eigenvalue weighted by Gasteiger charge is 2.49. The number of anilines is 2. The van der Waals surface area contributed by atoms with Crippen molar-refractivity contribution in [2.75, 3.05) is 78.0 Å². The smallest absolute Gasteiger partial charge is 0.475 e. The van der Waals surface area contributed by atoms with E-state index in [9.17, 15) is 48.4 Å². The lowest BCUT2D eigenvalue weighted by Crippen LogP contribution is -2.38. The van der Waals surface area contributed by atoms with Crippen molar-refractivity contribution in [1.29, 1.82) is 5.26 Å². The van der Waals surface area contributed by atoms with Crippen LogP contribution >= 0.6 is 7.82 Å². The largest absolute Gasteiger partial charge is 0.497 e. The van der Waals surface area contributed by atoms with Gasteiger partial charge in [-0.2, -0.15) is 15.2 Å². The van der Waals surface area contributed by atoms with Gasteiger partial charge in [-0.15, -0.1) is 0 Å². The predicted octanol–water partition coefficient (Wildman–Crippen LogP) is 13.1. The summed E-state index contributed by atoms with van der Waals surface area (Å²) in [5.74, 6) is -2.32. The molecule has 2 aliphatic carbocycles. The number of alkyl carbamates (subject to hydrolysis) is 1. The molecule has 5 heterocycles. The number of fused-ring (bicyclic) bond motifs is 7. The molecule has 33 nitrogen and oxygen atoms in total. The van der Waals surface area contributed by atoms with Gasteiger partial charge in [-0.3, -0.25) is 57.0 Å². The number of Topliss-reactive ketones (excluding diaryl/α,β-unsaturated/α-hetero) is 1. The number of ether oxygens (including phenoxy) is 8. The quantitative estimate of drug-likeness (QED) is 0.00789. The number of phosphoric acid groups is 1. The van der Waals surface area contributed by atoms with Gasteiger partial charge in [-0.05, 0) is 123 Å². The molecule has 11 aromatic rings. The second-order valence-corrected chi connectivity index (χ2v) is 32.6. The van der Waals surface area contributed by atoms with Crippen LogP contribution in [-0.4, -0.2) is 167 Å². The summed E-state index contributed by atoms with van der Waals surface area (Å²) in [6, 6.07) is 65.7. The first-order valence-electron chi connectivity index (χ1n) is 41.8. The number of aromatic amines is 1. The maximum absolute atomic E-state index is 15.8. The third kappa shape index (κ3) is 20.6. The molecule has 3 aromatic heterocycles. The highest BCUT2D eigenvalue weighted by Crippen LogP contribution is 2.55. The minimum absolute atomic E-state index is 0.0623. The van der Waals surface area contributed by atoms with Crippen LogP contribution in [0.25, 0.3) is 33.4 Å². The van der Waals surface area contributed by atoms with Crippen molar-refractivity contribution in [1.82, 2.24) is 44.6 Å². The molecule has 4 aliphatic rings. The summed E-state index contributed by atoms with van der Waals surface area (Å²) in [6.07, 6.45) is -7.68. The Bertz CT molecular complexity index is 5970. The Balaban J connectivity index is 0.626. The van der Waals surface area contributed by atoms with E-state index >= 15 is 4.57 Å². The zero-order valence-electron chi connectivity index (χ0n) is 70.4. The van der Waals surface area contributed by atoms with Gasteiger partial charge in [0, 0.05) is 82.4 Å². The van der Waals surface area contributed by atoms with Crippen LogP contribution in [-0.2, 0) is 77.9 Å². The molecule has 5 amide bonds. The number of H-pyrrole nitrogens is 1. The number of carbonyl (C=O) groups excluding carboxylic acids is 7. The Hall–Kier alpha value is -13.8. The van der Waals surface area contributed by atoms with Crippen molar-refractivity contribution in [2.24, 2.45) is 0 Å². The van der Waals surface area contributed by atoms with Crippen LogP contribution in [0.1, 0.15) is 137 Å². The van der Waals surface area contributed by atoms with Crippen LogP contribution in [0, 0.1) is 11.3 Å². The highest BCUT2D eigenvalue weighted by molar-refractivity contribution is 7.48. The molecule has 7 atom stereocenters. The number of esters is 1. The first kappa shape index (κ1) is 89.0. The third-order valence-corrected chi connectivity index (χ3v) is 24.2. The molecule has 5 N–H and O–H groups in total. The summed E-state index contributed by atoms with van der Waals surface area (Å²) >= 11 is 0. The van der Waals surface area contributed by atoms with E-state index < -0.39 is 111 Å². The van der Waals surface area contributed by atoms with Crippen molar-refractivity contribution in [3.8, 4) is 39.8 Å². The molecule has 0 bridgehead atoms. The zero-order valence-corrected chi connectivity index (χ0v) is 71.3. The second kappa shape index (κ2) is 40.6. The van der Waals surface area contributed by atoms with E-state index in [2.05, 4.69) is 53.3 Å². The summed E-state index contributed by atoms with van der Waals surface area (Å²) in [5.41, 5.74) is 8.17. The average molecular weight is 1760 g/mol. The first-order chi connectivity index (χ1) is 62.1. The standard InChI is InChI=1S/C94H93N12O21P/c1-58(107)29-42-85(110)126-76-50-83(105-48-44-80(100-91(105)113)99-81(108)28-16-47-104(2)93(115)120-54-75-72-26-14-10-22-68(72)69-23-11-15-27-73(69)75)125-79(76)56-123-128(116,122-49-17-45-95)127-77-51-84(124-78(77)55-121-94(61-18-6-5-7-19-61,62-34-38-64(117-3)39-35-62)63-36-40-65(118-4)41-37-63)106-57-98-86-87(106)102-90(103-89(86)112)101-82(109)43-46-96-88(111)60-32-30-59(31-33-60)52-97-92(114)119-53-74-70-24-12-8-20-66(70)67-21-9-13-25-71(67)74/h5-15,18-27,30-41,44,48,57,74-79,83-84H,16-17,28-29,42-43,46-47,49-56H2,1-4H3,(H,96,111)(H,97,114)(H,99,100,108,113)(H2,101,102,103,109,112)/t76?,77?,78-,79-,83-,84-,128?/m1/s1. The number of phosphoric ester groups is 1. The molecule has 8 aromatic carbocycles. The number of nitrogens with zero attached hydrogens (tertiary/aromatic N) is 7. The van der Waals surface area contributed by atoms with Crippen molar-refractivity contribution in [3.63, 3.8) is 0 Å². The molecule has 0 saturated carbocycles. The van der Waals surface area contributed by atoms with Gasteiger partial charge in [0.05, 0.1) is 59.3 Å². The molecular weight excluding hydrogens is 1660 g/mol. The van der Waals surface area contributed by atoms with Crippen molar-refractivity contribution >= 4 is 72.4 Å². The van der Waals surface area contributed by atoms with Crippen LogP contribution in [0.5, 0.6) is 11.5 Å². The van der Waals surface area contributed by atoms with Gasteiger partial charge in [-0.1, -0.05) is 164 Å². The Morgan fingerprint density at radius 2 is 1.17 bits per heavy atom. The minimum atomic E-state index is -5.05. The summed E-state index contributed by atoms with van der Waals surface area (Å²) < 4.78 is 86.4. The number of amides is 5.